The number of hydrogen-bond acceptors (Lipinski definition) is 2. The molecule has 0 fully saturated rings. The van der Waals surface area contributed by atoms with Crippen LogP contribution in [0.25, 0.3) is 10.8 Å². The zero-order valence-electron chi connectivity index (χ0n) is 13.8. The Labute approximate surface area is 129 Å². The first-order valence-corrected chi connectivity index (χ1v) is 8.02. The summed E-state index contributed by atoms with van der Waals surface area (Å²) in [7, 11) is 2.06. The lowest BCUT2D eigenvalue weighted by atomic mass is 10.0. The zero-order chi connectivity index (χ0) is 15.2. The third-order valence-electron chi connectivity index (χ3n) is 4.04. The first-order valence-electron chi connectivity index (χ1n) is 8.02. The van der Waals surface area contributed by atoms with Gasteiger partial charge in [0.05, 0.1) is 0 Å². The summed E-state index contributed by atoms with van der Waals surface area (Å²) in [6.07, 6.45) is 0. The van der Waals surface area contributed by atoms with Gasteiger partial charge in [-0.15, -0.1) is 0 Å². The van der Waals surface area contributed by atoms with E-state index in [2.05, 4.69) is 80.5 Å². The second-order valence-electron chi connectivity index (χ2n) is 6.19. The van der Waals surface area contributed by atoms with Crippen LogP contribution in [0.3, 0.4) is 0 Å². The molecule has 0 heterocycles. The Bertz CT molecular complexity index is 562. The van der Waals surface area contributed by atoms with Gasteiger partial charge in [0.1, 0.15) is 0 Å². The molecule has 0 amide bonds. The molecule has 0 bridgehead atoms. The maximum Gasteiger partial charge on any atom is 0.0447 e. The van der Waals surface area contributed by atoms with E-state index in [1.165, 1.54) is 16.3 Å². The van der Waals surface area contributed by atoms with Crippen molar-refractivity contribution in [2.45, 2.75) is 26.8 Å². The van der Waals surface area contributed by atoms with Crippen molar-refractivity contribution in [3.05, 3.63) is 48.0 Å². The van der Waals surface area contributed by atoms with Crippen LogP contribution in [0, 0.1) is 5.92 Å². The predicted octanol–water partition coefficient (Wildman–Crippen LogP) is 4.08. The molecular weight excluding hydrogens is 256 g/mol. The van der Waals surface area contributed by atoms with Crippen LogP contribution in [0.15, 0.2) is 42.5 Å². The van der Waals surface area contributed by atoms with E-state index in [4.69, 9.17) is 0 Å². The van der Waals surface area contributed by atoms with Crippen molar-refractivity contribution < 1.29 is 0 Å². The van der Waals surface area contributed by atoms with Gasteiger partial charge in [-0.1, -0.05) is 57.2 Å². The van der Waals surface area contributed by atoms with Crippen LogP contribution in [0.2, 0.25) is 0 Å². The fraction of sp³-hybridized carbons (Fsp3) is 0.474. The highest BCUT2D eigenvalue weighted by molar-refractivity contribution is 5.83. The summed E-state index contributed by atoms with van der Waals surface area (Å²) < 4.78 is 0. The van der Waals surface area contributed by atoms with Gasteiger partial charge >= 0.3 is 0 Å². The second-order valence-corrected chi connectivity index (χ2v) is 6.19. The Morgan fingerprint density at radius 1 is 1.00 bits per heavy atom. The molecule has 0 saturated heterocycles. The molecule has 0 spiro atoms. The summed E-state index contributed by atoms with van der Waals surface area (Å²) in [6, 6.07) is 15.8. The van der Waals surface area contributed by atoms with Crippen molar-refractivity contribution in [2.24, 2.45) is 5.92 Å². The minimum absolute atomic E-state index is 0.383. The number of benzene rings is 2. The normalized spacial score (nSPS) is 13.2. The molecule has 2 heteroatoms. The maximum absolute atomic E-state index is 3.48. The fourth-order valence-corrected chi connectivity index (χ4v) is 2.90. The summed E-state index contributed by atoms with van der Waals surface area (Å²) in [4.78, 5) is 2.53. The summed E-state index contributed by atoms with van der Waals surface area (Å²) in [5.74, 6) is 0.707. The van der Waals surface area contributed by atoms with Crippen LogP contribution in [-0.4, -0.2) is 31.6 Å². The van der Waals surface area contributed by atoms with E-state index in [1.807, 2.05) is 0 Å². The average molecular weight is 284 g/mol. The Morgan fingerprint density at radius 3 is 2.33 bits per heavy atom. The van der Waals surface area contributed by atoms with E-state index in [-0.39, 0.29) is 0 Å². The lowest BCUT2D eigenvalue weighted by molar-refractivity contribution is 0.232. The van der Waals surface area contributed by atoms with Crippen LogP contribution in [0.5, 0.6) is 0 Å². The van der Waals surface area contributed by atoms with Crippen molar-refractivity contribution in [1.29, 1.82) is 0 Å². The number of rotatable bonds is 7. The van der Waals surface area contributed by atoms with Gasteiger partial charge < -0.3 is 10.2 Å². The maximum atomic E-state index is 3.48. The number of nitrogens with one attached hydrogen (secondary N) is 1. The van der Waals surface area contributed by atoms with Crippen molar-refractivity contribution in [1.82, 2.24) is 10.2 Å². The fourth-order valence-electron chi connectivity index (χ4n) is 2.90. The molecule has 2 aromatic carbocycles. The summed E-state index contributed by atoms with van der Waals surface area (Å²) in [5, 5.41) is 6.11. The van der Waals surface area contributed by atoms with Crippen LogP contribution in [0.4, 0.5) is 0 Å². The Kier molecular flexibility index (Phi) is 5.77. The monoisotopic (exact) mass is 284 g/mol. The van der Waals surface area contributed by atoms with Crippen molar-refractivity contribution >= 4 is 10.8 Å². The van der Waals surface area contributed by atoms with E-state index in [1.54, 1.807) is 0 Å². The largest absolute Gasteiger partial charge is 0.312 e. The van der Waals surface area contributed by atoms with Gasteiger partial charge in [-0.25, -0.2) is 0 Å². The molecule has 2 rings (SSSR count). The second kappa shape index (κ2) is 7.58. The molecule has 0 aliphatic heterocycles. The number of nitrogens with zero attached hydrogens (tertiary/aromatic N) is 1. The third kappa shape index (κ3) is 4.29. The molecule has 2 aromatic rings. The Balaban J connectivity index is 2.18. The average Bonchev–Trinajstić information content (AvgIpc) is 2.50. The van der Waals surface area contributed by atoms with E-state index < -0.39 is 0 Å². The number of fused-ring (bicyclic) bond motifs is 1. The van der Waals surface area contributed by atoms with Gasteiger partial charge in [-0.3, -0.25) is 0 Å². The lowest BCUT2D eigenvalue weighted by Crippen LogP contribution is -2.36. The minimum Gasteiger partial charge on any atom is -0.312 e. The molecule has 1 N–H and O–H groups in total. The third-order valence-corrected chi connectivity index (χ3v) is 4.04. The molecule has 21 heavy (non-hydrogen) atoms. The number of likely N-dealkylation sites (N-methyl/N-ethyl adjacent to an activating group) is 2. The zero-order valence-corrected chi connectivity index (χ0v) is 13.8. The Morgan fingerprint density at radius 2 is 1.71 bits per heavy atom. The quantitative estimate of drug-likeness (QED) is 0.824. The van der Waals surface area contributed by atoms with Crippen molar-refractivity contribution in [3.8, 4) is 0 Å². The van der Waals surface area contributed by atoms with Gasteiger partial charge in [0.15, 0.2) is 0 Å². The SMILES string of the molecule is CCN(CC(C)C)CC(NC)c1ccc2ccccc2c1. The highest BCUT2D eigenvalue weighted by Crippen LogP contribution is 2.21. The molecule has 1 unspecified atom stereocenters. The van der Waals surface area contributed by atoms with Crippen LogP contribution >= 0.6 is 0 Å². The van der Waals surface area contributed by atoms with Crippen LogP contribution in [-0.2, 0) is 0 Å². The topological polar surface area (TPSA) is 15.3 Å². The van der Waals surface area contributed by atoms with E-state index >= 15 is 0 Å². The van der Waals surface area contributed by atoms with E-state index in [0.29, 0.717) is 12.0 Å². The van der Waals surface area contributed by atoms with Crippen molar-refractivity contribution in [3.63, 3.8) is 0 Å². The number of hydrogen-bond donors (Lipinski definition) is 1. The standard InChI is InChI=1S/C19H28N2/c1-5-21(13-15(2)3)14-19(20-4)18-11-10-16-8-6-7-9-17(16)12-18/h6-12,15,19-20H,5,13-14H2,1-4H3. The molecule has 2 nitrogen and oxygen atoms in total. The van der Waals surface area contributed by atoms with Gasteiger partial charge in [0.25, 0.3) is 0 Å². The molecule has 114 valence electrons. The molecule has 0 radical (unpaired) electrons. The summed E-state index contributed by atoms with van der Waals surface area (Å²) >= 11 is 0. The van der Waals surface area contributed by atoms with Crippen molar-refractivity contribution in [2.75, 3.05) is 26.7 Å². The van der Waals surface area contributed by atoms with E-state index in [0.717, 1.165) is 19.6 Å². The van der Waals surface area contributed by atoms with Gasteiger partial charge in [0.2, 0.25) is 0 Å². The van der Waals surface area contributed by atoms with Gasteiger partial charge in [-0.05, 0) is 41.9 Å². The lowest BCUT2D eigenvalue weighted by Gasteiger charge is -2.28. The summed E-state index contributed by atoms with van der Waals surface area (Å²) in [6.45, 7) is 10.1. The van der Waals surface area contributed by atoms with Gasteiger partial charge in [-0.2, -0.15) is 0 Å². The molecule has 0 saturated carbocycles. The summed E-state index contributed by atoms with van der Waals surface area (Å²) in [5.41, 5.74) is 1.37. The molecule has 0 aliphatic carbocycles. The first kappa shape index (κ1) is 16.0. The Hall–Kier alpha value is -1.38. The highest BCUT2D eigenvalue weighted by atomic mass is 15.1. The predicted molar refractivity (Wildman–Crippen MR) is 92.7 cm³/mol. The smallest absolute Gasteiger partial charge is 0.0447 e. The molecule has 0 aliphatic rings. The molecule has 1 atom stereocenters. The van der Waals surface area contributed by atoms with Crippen LogP contribution in [0.1, 0.15) is 32.4 Å². The van der Waals surface area contributed by atoms with E-state index in [9.17, 15) is 0 Å². The minimum atomic E-state index is 0.383. The highest BCUT2D eigenvalue weighted by Gasteiger charge is 2.14. The van der Waals surface area contributed by atoms with Gasteiger partial charge in [0, 0.05) is 19.1 Å². The molecule has 0 aromatic heterocycles. The van der Waals surface area contributed by atoms with Crippen LogP contribution < -0.4 is 5.32 Å². The first-order chi connectivity index (χ1) is 10.1. The molecular formula is C19H28N2.